The summed E-state index contributed by atoms with van der Waals surface area (Å²) in [6, 6.07) is 23.7. The molecule has 24 heavy (non-hydrogen) atoms. The Kier molecular flexibility index (Phi) is 6.85. The fourth-order valence-corrected chi connectivity index (χ4v) is 3.78. The van der Waals surface area contributed by atoms with E-state index >= 15 is 0 Å². The molecule has 4 heteroatoms. The zero-order valence-corrected chi connectivity index (χ0v) is 14.5. The number of benzene rings is 3. The van der Waals surface area contributed by atoms with Crippen molar-refractivity contribution in [1.29, 1.82) is 0 Å². The summed E-state index contributed by atoms with van der Waals surface area (Å²) in [7, 11) is 0.0341. The van der Waals surface area contributed by atoms with Crippen LogP contribution in [0.4, 0.5) is 0 Å². The number of carbonyl (C=O) groups excluding carboxylic acids is 1. The van der Waals surface area contributed by atoms with Crippen LogP contribution in [0, 0.1) is 6.92 Å². The van der Waals surface area contributed by atoms with Crippen LogP contribution in [-0.2, 0) is 0 Å². The molecule has 3 aromatic carbocycles. The van der Waals surface area contributed by atoms with Crippen LogP contribution in [0.1, 0.15) is 15.9 Å². The van der Waals surface area contributed by atoms with E-state index in [0.717, 1.165) is 27.6 Å². The third-order valence-electron chi connectivity index (χ3n) is 3.71. The summed E-state index contributed by atoms with van der Waals surface area (Å²) in [6.07, 6.45) is 0. The molecule has 3 rings (SSSR count). The molecular formula is C20H17ClLiOP. The molecule has 0 aliphatic heterocycles. The van der Waals surface area contributed by atoms with Crippen molar-refractivity contribution in [2.24, 2.45) is 0 Å². The van der Waals surface area contributed by atoms with Gasteiger partial charge in [0.2, 0.25) is 0 Å². The van der Waals surface area contributed by atoms with Gasteiger partial charge in [-0.1, -0.05) is 78.3 Å². The normalized spacial score (nSPS) is 10.6. The fourth-order valence-electron chi connectivity index (χ4n) is 2.44. The van der Waals surface area contributed by atoms with Crippen LogP contribution in [0.2, 0.25) is 5.02 Å². The van der Waals surface area contributed by atoms with Gasteiger partial charge in [-0.05, 0) is 43.6 Å². The number of hydrogen-bond donors (Lipinski definition) is 0. The van der Waals surface area contributed by atoms with Gasteiger partial charge in [-0.25, -0.2) is 0 Å². The summed E-state index contributed by atoms with van der Waals surface area (Å²) >= 11 is 6.41. The summed E-state index contributed by atoms with van der Waals surface area (Å²) in [5.74, 6) is 0. The molecule has 0 radical (unpaired) electrons. The molecular weight excluding hydrogens is 330 g/mol. The molecule has 0 fully saturated rings. The van der Waals surface area contributed by atoms with E-state index in [1.54, 1.807) is 0 Å². The third-order valence-corrected chi connectivity index (χ3v) is 5.39. The van der Waals surface area contributed by atoms with Crippen molar-refractivity contribution in [2.75, 3.05) is 0 Å². The topological polar surface area (TPSA) is 17.1 Å². The SMILES string of the molecule is Cc1ccccc1C(=O)Pc1ccc(-c2ccccc2)cc1Cl.[LiH]. The zero-order valence-electron chi connectivity index (χ0n) is 12.7. The molecule has 116 valence electrons. The maximum atomic E-state index is 12.5. The number of halogens is 1. The predicted octanol–water partition coefficient (Wildman–Crippen LogP) is 4.81. The molecule has 1 nitrogen and oxygen atoms in total. The molecule has 0 amide bonds. The van der Waals surface area contributed by atoms with Crippen molar-refractivity contribution < 1.29 is 4.79 Å². The maximum absolute atomic E-state index is 12.5. The molecule has 1 unspecified atom stereocenters. The van der Waals surface area contributed by atoms with E-state index in [1.807, 2.05) is 79.7 Å². The van der Waals surface area contributed by atoms with Crippen LogP contribution in [0.15, 0.2) is 72.8 Å². The number of hydrogen-bond acceptors (Lipinski definition) is 1. The van der Waals surface area contributed by atoms with Gasteiger partial charge in [0, 0.05) is 10.6 Å². The number of carbonyl (C=O) groups is 1. The summed E-state index contributed by atoms with van der Waals surface area (Å²) in [6.45, 7) is 1.96. The molecule has 0 saturated heterocycles. The van der Waals surface area contributed by atoms with Crippen molar-refractivity contribution in [3.63, 3.8) is 0 Å². The molecule has 0 saturated carbocycles. The minimum absolute atomic E-state index is 0. The van der Waals surface area contributed by atoms with Gasteiger partial charge in [0.25, 0.3) is 0 Å². The standard InChI is InChI=1S/C20H16ClOP.Li.H/c1-14-7-5-6-10-17(14)20(22)23-19-12-11-16(13-18(19)21)15-8-3-2-4-9-15;;/h2-13,23H,1H3;;. The van der Waals surface area contributed by atoms with E-state index in [1.165, 1.54) is 0 Å². The van der Waals surface area contributed by atoms with Crippen LogP contribution < -0.4 is 5.30 Å². The molecule has 0 N–H and O–H groups in total. The van der Waals surface area contributed by atoms with Crippen molar-refractivity contribution in [1.82, 2.24) is 0 Å². The van der Waals surface area contributed by atoms with Crippen molar-refractivity contribution >= 4 is 49.9 Å². The van der Waals surface area contributed by atoms with Crippen LogP contribution in [0.5, 0.6) is 0 Å². The first kappa shape index (κ1) is 19.0. The Labute approximate surface area is 161 Å². The Morgan fingerprint density at radius 2 is 1.54 bits per heavy atom. The molecule has 1 atom stereocenters. The quantitative estimate of drug-likeness (QED) is 0.489. The summed E-state index contributed by atoms with van der Waals surface area (Å²) in [5.41, 5.74) is 4.08. The summed E-state index contributed by atoms with van der Waals surface area (Å²) < 4.78 is 0. The molecule has 0 spiro atoms. The fraction of sp³-hybridized carbons (Fsp3) is 0.0500. The van der Waals surface area contributed by atoms with E-state index in [-0.39, 0.29) is 33.0 Å². The summed E-state index contributed by atoms with van der Waals surface area (Å²) in [4.78, 5) is 12.5. The van der Waals surface area contributed by atoms with E-state index in [4.69, 9.17) is 11.6 Å². The Hall–Kier alpha value is -1.35. The van der Waals surface area contributed by atoms with Crippen LogP contribution >= 0.6 is 20.2 Å². The van der Waals surface area contributed by atoms with Crippen molar-refractivity contribution in [3.8, 4) is 11.1 Å². The first-order valence-electron chi connectivity index (χ1n) is 7.37. The van der Waals surface area contributed by atoms with Crippen molar-refractivity contribution in [2.45, 2.75) is 6.92 Å². The van der Waals surface area contributed by atoms with Gasteiger partial charge in [-0.15, -0.1) is 0 Å². The van der Waals surface area contributed by atoms with Gasteiger partial charge in [0.15, 0.2) is 5.52 Å². The summed E-state index contributed by atoms with van der Waals surface area (Å²) in [5, 5.41) is 1.53. The molecule has 0 bridgehead atoms. The molecule has 3 aromatic rings. The van der Waals surface area contributed by atoms with E-state index < -0.39 is 0 Å². The minimum atomic E-state index is 0. The third kappa shape index (κ3) is 4.38. The Bertz CT molecular complexity index is 849. The van der Waals surface area contributed by atoms with Crippen molar-refractivity contribution in [3.05, 3.63) is 88.9 Å². The average molecular weight is 347 g/mol. The van der Waals surface area contributed by atoms with Gasteiger partial charge in [0.1, 0.15) is 0 Å². The van der Waals surface area contributed by atoms with Gasteiger partial charge in [0.05, 0.1) is 0 Å². The predicted molar refractivity (Wildman–Crippen MR) is 107 cm³/mol. The Morgan fingerprint density at radius 3 is 2.21 bits per heavy atom. The Balaban J connectivity index is 0.00000208. The van der Waals surface area contributed by atoms with Gasteiger partial charge in [-0.3, -0.25) is 4.79 Å². The van der Waals surface area contributed by atoms with Crippen LogP contribution in [0.3, 0.4) is 0 Å². The molecule has 0 aromatic heterocycles. The second-order valence-electron chi connectivity index (χ2n) is 5.33. The van der Waals surface area contributed by atoms with E-state index in [9.17, 15) is 4.79 Å². The van der Waals surface area contributed by atoms with Gasteiger partial charge < -0.3 is 0 Å². The van der Waals surface area contributed by atoms with Crippen LogP contribution in [-0.4, -0.2) is 24.4 Å². The second-order valence-corrected chi connectivity index (χ2v) is 6.98. The number of aryl methyl sites for hydroxylation is 1. The zero-order chi connectivity index (χ0) is 16.2. The molecule has 0 heterocycles. The van der Waals surface area contributed by atoms with E-state index in [2.05, 4.69) is 0 Å². The molecule has 0 aliphatic carbocycles. The van der Waals surface area contributed by atoms with Gasteiger partial charge in [-0.2, -0.15) is 0 Å². The second kappa shape index (κ2) is 8.66. The monoisotopic (exact) mass is 346 g/mol. The first-order chi connectivity index (χ1) is 11.1. The first-order valence-corrected chi connectivity index (χ1v) is 8.75. The van der Waals surface area contributed by atoms with Crippen LogP contribution in [0.25, 0.3) is 11.1 Å². The molecule has 0 aliphatic rings. The van der Waals surface area contributed by atoms with E-state index in [0.29, 0.717) is 5.02 Å². The van der Waals surface area contributed by atoms with Gasteiger partial charge >= 0.3 is 18.9 Å². The Morgan fingerprint density at radius 1 is 0.875 bits per heavy atom. The number of rotatable bonds is 4. The average Bonchev–Trinajstić information content (AvgIpc) is 2.58.